The van der Waals surface area contributed by atoms with Crippen LogP contribution in [0.3, 0.4) is 0 Å². The van der Waals surface area contributed by atoms with Crippen LogP contribution in [0.5, 0.6) is 0 Å². The normalized spacial score (nSPS) is 11.0. The van der Waals surface area contributed by atoms with Crippen molar-refractivity contribution in [3.63, 3.8) is 0 Å². The third-order valence-electron chi connectivity index (χ3n) is 6.05. The number of hydrogen-bond acceptors (Lipinski definition) is 3. The molecule has 5 nitrogen and oxygen atoms in total. The highest BCUT2D eigenvalue weighted by Gasteiger charge is 2.38. The standard InChI is InChI=1S/C30H29NO2.C2HF3O2/c32-30(33)29-18-8-17-28(21-29)27-16-7-14-26(20-27)23-31(22-25-12-5-2-6-13-25)19-9-15-24-10-3-1-4-11-24;3-2(4,5)1(6)7/h1-8,10-14,16-18,20-21H,9,15,19,22-23H2,(H,32,33);(H,6,7). The van der Waals surface area contributed by atoms with Crippen molar-refractivity contribution in [2.45, 2.75) is 32.1 Å². The van der Waals surface area contributed by atoms with E-state index in [0.717, 1.165) is 43.6 Å². The van der Waals surface area contributed by atoms with Crippen LogP contribution in [0.25, 0.3) is 11.1 Å². The zero-order valence-corrected chi connectivity index (χ0v) is 21.7. The van der Waals surface area contributed by atoms with Crippen LogP contribution in [-0.2, 0) is 24.3 Å². The molecule has 0 heterocycles. The molecule has 0 amide bonds. The summed E-state index contributed by atoms with van der Waals surface area (Å²) in [7, 11) is 0. The SMILES string of the molecule is O=C(O)C(F)(F)F.O=C(O)c1cccc(-c2cccc(CN(CCCc3ccccc3)Cc3ccccc3)c2)c1. The minimum atomic E-state index is -5.08. The van der Waals surface area contributed by atoms with Crippen LogP contribution in [-0.4, -0.2) is 39.8 Å². The zero-order chi connectivity index (χ0) is 29.0. The number of benzene rings is 4. The summed E-state index contributed by atoms with van der Waals surface area (Å²) in [4.78, 5) is 22.8. The number of aryl methyl sites for hydroxylation is 1. The van der Waals surface area contributed by atoms with Gasteiger partial charge < -0.3 is 10.2 Å². The molecule has 0 radical (unpaired) electrons. The molecule has 208 valence electrons. The van der Waals surface area contributed by atoms with Crippen LogP contribution in [0.1, 0.15) is 33.5 Å². The van der Waals surface area contributed by atoms with Gasteiger partial charge in [0.25, 0.3) is 0 Å². The second kappa shape index (κ2) is 14.6. The molecule has 0 aromatic heterocycles. The molecule has 0 saturated heterocycles. The number of halogens is 3. The molecule has 0 fully saturated rings. The molecule has 0 atom stereocenters. The summed E-state index contributed by atoms with van der Waals surface area (Å²) < 4.78 is 31.7. The lowest BCUT2D eigenvalue weighted by Crippen LogP contribution is -2.24. The average molecular weight is 550 g/mol. The molecule has 40 heavy (non-hydrogen) atoms. The molecular formula is C32H30F3NO4. The fourth-order valence-electron chi connectivity index (χ4n) is 4.15. The van der Waals surface area contributed by atoms with E-state index in [4.69, 9.17) is 9.90 Å². The molecule has 8 heteroatoms. The fourth-order valence-corrected chi connectivity index (χ4v) is 4.15. The maximum atomic E-state index is 11.4. The number of carboxylic acids is 2. The lowest BCUT2D eigenvalue weighted by atomic mass is 10.0. The van der Waals surface area contributed by atoms with Crippen LogP contribution in [0.2, 0.25) is 0 Å². The van der Waals surface area contributed by atoms with E-state index in [1.54, 1.807) is 18.2 Å². The minimum absolute atomic E-state index is 0.310. The van der Waals surface area contributed by atoms with Crippen molar-refractivity contribution in [2.75, 3.05) is 6.54 Å². The van der Waals surface area contributed by atoms with Crippen LogP contribution in [0, 0.1) is 0 Å². The molecule has 0 aliphatic carbocycles. The third kappa shape index (κ3) is 10.0. The monoisotopic (exact) mass is 549 g/mol. The first kappa shape index (κ1) is 30.1. The van der Waals surface area contributed by atoms with Gasteiger partial charge >= 0.3 is 18.1 Å². The molecular weight excluding hydrogens is 519 g/mol. The Morgan fingerprint density at radius 2 is 1.15 bits per heavy atom. The lowest BCUT2D eigenvalue weighted by Gasteiger charge is -2.23. The molecule has 0 bridgehead atoms. The van der Waals surface area contributed by atoms with Gasteiger partial charge in [-0.1, -0.05) is 91.0 Å². The Hall–Kier alpha value is -4.43. The third-order valence-corrected chi connectivity index (χ3v) is 6.05. The lowest BCUT2D eigenvalue weighted by molar-refractivity contribution is -0.192. The summed E-state index contributed by atoms with van der Waals surface area (Å²) in [5.41, 5.74) is 6.18. The van der Waals surface area contributed by atoms with Crippen LogP contribution < -0.4 is 0 Å². The van der Waals surface area contributed by atoms with Crippen molar-refractivity contribution < 1.29 is 33.0 Å². The van der Waals surface area contributed by atoms with Crippen molar-refractivity contribution in [2.24, 2.45) is 0 Å². The van der Waals surface area contributed by atoms with Gasteiger partial charge in [0.05, 0.1) is 5.56 Å². The predicted octanol–water partition coefficient (Wildman–Crippen LogP) is 7.32. The molecule has 4 rings (SSSR count). The van der Waals surface area contributed by atoms with Crippen molar-refractivity contribution in [3.8, 4) is 11.1 Å². The zero-order valence-electron chi connectivity index (χ0n) is 21.7. The van der Waals surface area contributed by atoms with E-state index < -0.39 is 18.1 Å². The van der Waals surface area contributed by atoms with Crippen molar-refractivity contribution in [1.82, 2.24) is 4.90 Å². The van der Waals surface area contributed by atoms with E-state index in [0.29, 0.717) is 5.56 Å². The van der Waals surface area contributed by atoms with Crippen molar-refractivity contribution >= 4 is 11.9 Å². The van der Waals surface area contributed by atoms with E-state index in [2.05, 4.69) is 83.8 Å². The number of nitrogens with zero attached hydrogens (tertiary/aromatic N) is 1. The smallest absolute Gasteiger partial charge is 0.478 e. The number of aliphatic carboxylic acids is 1. The molecule has 4 aromatic carbocycles. The summed E-state index contributed by atoms with van der Waals surface area (Å²) >= 11 is 0. The average Bonchev–Trinajstić information content (AvgIpc) is 2.94. The number of carbonyl (C=O) groups is 2. The molecule has 0 unspecified atom stereocenters. The highest BCUT2D eigenvalue weighted by Crippen LogP contribution is 2.23. The maximum absolute atomic E-state index is 11.4. The second-order valence-electron chi connectivity index (χ2n) is 9.17. The highest BCUT2D eigenvalue weighted by molar-refractivity contribution is 5.89. The molecule has 0 aliphatic rings. The van der Waals surface area contributed by atoms with Crippen molar-refractivity contribution in [1.29, 1.82) is 0 Å². The summed E-state index contributed by atoms with van der Waals surface area (Å²) in [5.74, 6) is -3.66. The number of rotatable bonds is 10. The second-order valence-corrected chi connectivity index (χ2v) is 9.17. The number of hydrogen-bond donors (Lipinski definition) is 2. The van der Waals surface area contributed by atoms with Gasteiger partial charge in [0.1, 0.15) is 0 Å². The number of alkyl halides is 3. The van der Waals surface area contributed by atoms with Crippen molar-refractivity contribution in [3.05, 3.63) is 131 Å². The van der Waals surface area contributed by atoms with E-state index in [-0.39, 0.29) is 0 Å². The van der Waals surface area contributed by atoms with E-state index in [9.17, 15) is 23.1 Å². The van der Waals surface area contributed by atoms with Gasteiger partial charge in [0, 0.05) is 13.1 Å². The first-order chi connectivity index (χ1) is 19.1. The van der Waals surface area contributed by atoms with Crippen LogP contribution in [0.4, 0.5) is 13.2 Å². The van der Waals surface area contributed by atoms with Gasteiger partial charge in [-0.25, -0.2) is 9.59 Å². The van der Waals surface area contributed by atoms with E-state index in [1.807, 2.05) is 12.1 Å². The minimum Gasteiger partial charge on any atom is -0.478 e. The van der Waals surface area contributed by atoms with Crippen LogP contribution in [0.15, 0.2) is 109 Å². The first-order valence-electron chi connectivity index (χ1n) is 12.6. The molecule has 0 spiro atoms. The van der Waals surface area contributed by atoms with E-state index in [1.165, 1.54) is 16.7 Å². The molecule has 0 saturated carbocycles. The summed E-state index contributed by atoms with van der Waals surface area (Å²) in [6.07, 6.45) is -2.93. The fraction of sp³-hybridized carbons (Fsp3) is 0.188. The van der Waals surface area contributed by atoms with Gasteiger partial charge in [-0.3, -0.25) is 4.90 Å². The first-order valence-corrected chi connectivity index (χ1v) is 12.6. The predicted molar refractivity (Wildman–Crippen MR) is 148 cm³/mol. The van der Waals surface area contributed by atoms with Crippen LogP contribution >= 0.6 is 0 Å². The Morgan fingerprint density at radius 3 is 1.73 bits per heavy atom. The summed E-state index contributed by atoms with van der Waals surface area (Å²) in [6.45, 7) is 2.74. The summed E-state index contributed by atoms with van der Waals surface area (Å²) in [5, 5.41) is 16.5. The number of aromatic carboxylic acids is 1. The quantitative estimate of drug-likeness (QED) is 0.217. The number of carboxylic acid groups (broad SMARTS) is 2. The Balaban J connectivity index is 0.000000559. The topological polar surface area (TPSA) is 77.8 Å². The maximum Gasteiger partial charge on any atom is 0.490 e. The van der Waals surface area contributed by atoms with Gasteiger partial charge in [-0.2, -0.15) is 13.2 Å². The Bertz CT molecular complexity index is 1380. The van der Waals surface area contributed by atoms with E-state index >= 15 is 0 Å². The van der Waals surface area contributed by atoms with Gasteiger partial charge in [0.15, 0.2) is 0 Å². The molecule has 4 aromatic rings. The summed E-state index contributed by atoms with van der Waals surface area (Å²) in [6, 6.07) is 36.8. The molecule has 2 N–H and O–H groups in total. The molecule has 0 aliphatic heterocycles. The Kier molecular flexibility index (Phi) is 11.0. The largest absolute Gasteiger partial charge is 0.490 e. The van der Waals surface area contributed by atoms with Gasteiger partial charge in [-0.15, -0.1) is 0 Å². The van der Waals surface area contributed by atoms with Gasteiger partial charge in [-0.05, 0) is 65.4 Å². The highest BCUT2D eigenvalue weighted by atomic mass is 19.4. The Labute approximate surface area is 231 Å². The van der Waals surface area contributed by atoms with Gasteiger partial charge in [0.2, 0.25) is 0 Å². The Morgan fingerprint density at radius 1 is 0.650 bits per heavy atom.